The fourth-order valence-corrected chi connectivity index (χ4v) is 2.01. The first-order valence-electron chi connectivity index (χ1n) is 6.49. The standard InChI is InChI=1S/C12H25N5O/c1-9(13-2)11(16-14-3)12(18)15-10-5-7-17(4)8-6-10/h9-10,13-14H,5-8H2,1-4H3,(H,15,18)/b16-11+. The molecule has 1 amide bonds. The SMILES string of the molecule is CN/N=C(/C(=O)NC1CCN(C)CC1)C(C)NC. The van der Waals surface area contributed by atoms with E-state index in [0.29, 0.717) is 5.71 Å². The molecule has 1 rings (SSSR count). The Labute approximate surface area is 109 Å². The maximum Gasteiger partial charge on any atom is 0.269 e. The van der Waals surface area contributed by atoms with Gasteiger partial charge >= 0.3 is 0 Å². The molecular weight excluding hydrogens is 230 g/mol. The minimum Gasteiger partial charge on any atom is -0.348 e. The topological polar surface area (TPSA) is 68.8 Å². The highest BCUT2D eigenvalue weighted by atomic mass is 16.2. The van der Waals surface area contributed by atoms with Crippen LogP contribution in [0.1, 0.15) is 19.8 Å². The number of rotatable bonds is 5. The quantitative estimate of drug-likeness (QED) is 0.452. The molecule has 3 N–H and O–H groups in total. The molecule has 1 heterocycles. The van der Waals surface area contributed by atoms with Gasteiger partial charge < -0.3 is 21.0 Å². The van der Waals surface area contributed by atoms with E-state index < -0.39 is 0 Å². The van der Waals surface area contributed by atoms with E-state index in [9.17, 15) is 4.79 Å². The Morgan fingerprint density at radius 1 is 1.33 bits per heavy atom. The molecule has 18 heavy (non-hydrogen) atoms. The number of amides is 1. The lowest BCUT2D eigenvalue weighted by molar-refractivity contribution is -0.115. The van der Waals surface area contributed by atoms with Gasteiger partial charge in [-0.15, -0.1) is 0 Å². The first-order chi connectivity index (χ1) is 8.58. The smallest absolute Gasteiger partial charge is 0.269 e. The number of hydrazone groups is 1. The van der Waals surface area contributed by atoms with Gasteiger partial charge in [-0.1, -0.05) is 0 Å². The molecule has 0 bridgehead atoms. The first-order valence-corrected chi connectivity index (χ1v) is 6.49. The highest BCUT2D eigenvalue weighted by Crippen LogP contribution is 2.08. The molecule has 6 heteroatoms. The predicted octanol–water partition coefficient (Wildman–Crippen LogP) is -0.620. The number of nitrogens with one attached hydrogen (secondary N) is 3. The van der Waals surface area contributed by atoms with Gasteiger partial charge in [0.25, 0.3) is 5.91 Å². The van der Waals surface area contributed by atoms with Crippen molar-refractivity contribution >= 4 is 11.6 Å². The zero-order chi connectivity index (χ0) is 13.5. The molecule has 0 aromatic carbocycles. The highest BCUT2D eigenvalue weighted by Gasteiger charge is 2.23. The van der Waals surface area contributed by atoms with Crippen LogP contribution >= 0.6 is 0 Å². The fourth-order valence-electron chi connectivity index (χ4n) is 2.01. The summed E-state index contributed by atoms with van der Waals surface area (Å²) in [5.41, 5.74) is 3.19. The first kappa shape index (κ1) is 14.9. The van der Waals surface area contributed by atoms with Gasteiger partial charge in [0.05, 0.1) is 6.04 Å². The van der Waals surface area contributed by atoms with Gasteiger partial charge in [0, 0.05) is 13.1 Å². The molecule has 1 aliphatic rings. The summed E-state index contributed by atoms with van der Waals surface area (Å²) in [5, 5.41) is 10.2. The van der Waals surface area contributed by atoms with Gasteiger partial charge in [-0.3, -0.25) is 4.79 Å². The second-order valence-electron chi connectivity index (χ2n) is 4.78. The largest absolute Gasteiger partial charge is 0.348 e. The summed E-state index contributed by atoms with van der Waals surface area (Å²) in [5.74, 6) is -0.0826. The molecule has 0 aromatic heterocycles. The van der Waals surface area contributed by atoms with Crippen LogP contribution in [-0.4, -0.2) is 62.8 Å². The van der Waals surface area contributed by atoms with Crippen molar-refractivity contribution in [3.05, 3.63) is 0 Å². The van der Waals surface area contributed by atoms with E-state index in [2.05, 4.69) is 33.1 Å². The molecule has 104 valence electrons. The lowest BCUT2D eigenvalue weighted by Crippen LogP contribution is -2.49. The molecule has 0 radical (unpaired) electrons. The van der Waals surface area contributed by atoms with Gasteiger partial charge in [-0.2, -0.15) is 5.10 Å². The number of hydrogen-bond acceptors (Lipinski definition) is 5. The third kappa shape index (κ3) is 4.27. The second-order valence-corrected chi connectivity index (χ2v) is 4.78. The van der Waals surface area contributed by atoms with Crippen molar-refractivity contribution in [1.82, 2.24) is 21.0 Å². The third-order valence-electron chi connectivity index (χ3n) is 3.36. The van der Waals surface area contributed by atoms with Crippen LogP contribution in [0.3, 0.4) is 0 Å². The molecule has 0 spiro atoms. The van der Waals surface area contributed by atoms with Gasteiger partial charge in [0.15, 0.2) is 0 Å². The molecule has 1 aliphatic heterocycles. The number of likely N-dealkylation sites (tertiary alicyclic amines) is 1. The van der Waals surface area contributed by atoms with Crippen LogP contribution in [0, 0.1) is 0 Å². The summed E-state index contributed by atoms with van der Waals surface area (Å²) < 4.78 is 0. The van der Waals surface area contributed by atoms with E-state index in [1.165, 1.54) is 0 Å². The number of carbonyl (C=O) groups is 1. The molecular formula is C12H25N5O. The van der Waals surface area contributed by atoms with E-state index >= 15 is 0 Å². The van der Waals surface area contributed by atoms with Gasteiger partial charge in [-0.25, -0.2) is 0 Å². The summed E-state index contributed by atoms with van der Waals surface area (Å²) in [6, 6.07) is 0.198. The van der Waals surface area contributed by atoms with Crippen molar-refractivity contribution in [2.75, 3.05) is 34.2 Å². The molecule has 0 aliphatic carbocycles. The summed E-state index contributed by atoms with van der Waals surface area (Å²) in [7, 11) is 5.62. The maximum absolute atomic E-state index is 12.1. The lowest BCUT2D eigenvalue weighted by atomic mass is 10.0. The number of hydrogen-bond donors (Lipinski definition) is 3. The second kappa shape index (κ2) is 7.33. The van der Waals surface area contributed by atoms with Crippen molar-refractivity contribution in [3.63, 3.8) is 0 Å². The van der Waals surface area contributed by atoms with Gasteiger partial charge in [-0.05, 0) is 47.0 Å². The van der Waals surface area contributed by atoms with Crippen molar-refractivity contribution in [2.24, 2.45) is 5.10 Å². The van der Waals surface area contributed by atoms with E-state index in [1.54, 1.807) is 7.05 Å². The number of piperidine rings is 1. The Morgan fingerprint density at radius 2 is 1.94 bits per heavy atom. The van der Waals surface area contributed by atoms with Crippen LogP contribution < -0.4 is 16.1 Å². The van der Waals surface area contributed by atoms with Crippen LogP contribution in [-0.2, 0) is 4.79 Å². The normalized spacial score (nSPS) is 20.6. The number of carbonyl (C=O) groups excluding carboxylic acids is 1. The van der Waals surface area contributed by atoms with E-state index in [1.807, 2.05) is 14.0 Å². The van der Waals surface area contributed by atoms with Crippen molar-refractivity contribution in [3.8, 4) is 0 Å². The Morgan fingerprint density at radius 3 is 2.44 bits per heavy atom. The van der Waals surface area contributed by atoms with Crippen molar-refractivity contribution in [2.45, 2.75) is 31.8 Å². The summed E-state index contributed by atoms with van der Waals surface area (Å²) in [6.07, 6.45) is 2.01. The van der Waals surface area contributed by atoms with E-state index in [-0.39, 0.29) is 18.0 Å². The predicted molar refractivity (Wildman–Crippen MR) is 73.7 cm³/mol. The minimum absolute atomic E-state index is 0.0660. The monoisotopic (exact) mass is 255 g/mol. The average Bonchev–Trinajstić information content (AvgIpc) is 2.37. The molecule has 0 saturated carbocycles. The summed E-state index contributed by atoms with van der Waals surface area (Å²) in [4.78, 5) is 14.4. The van der Waals surface area contributed by atoms with E-state index in [0.717, 1.165) is 25.9 Å². The Kier molecular flexibility index (Phi) is 6.07. The third-order valence-corrected chi connectivity index (χ3v) is 3.36. The zero-order valence-corrected chi connectivity index (χ0v) is 11.8. The maximum atomic E-state index is 12.1. The Balaban J connectivity index is 2.54. The average molecular weight is 255 g/mol. The zero-order valence-electron chi connectivity index (χ0n) is 11.8. The molecule has 1 fully saturated rings. The Bertz CT molecular complexity index is 297. The summed E-state index contributed by atoms with van der Waals surface area (Å²) >= 11 is 0. The van der Waals surface area contributed by atoms with Crippen LogP contribution in [0.4, 0.5) is 0 Å². The minimum atomic E-state index is -0.0826. The molecule has 1 saturated heterocycles. The van der Waals surface area contributed by atoms with Crippen LogP contribution in [0.5, 0.6) is 0 Å². The van der Waals surface area contributed by atoms with E-state index in [4.69, 9.17) is 0 Å². The van der Waals surface area contributed by atoms with Gasteiger partial charge in [0.2, 0.25) is 0 Å². The van der Waals surface area contributed by atoms with Crippen LogP contribution in [0.25, 0.3) is 0 Å². The fraction of sp³-hybridized carbons (Fsp3) is 0.833. The van der Waals surface area contributed by atoms with Crippen LogP contribution in [0.2, 0.25) is 0 Å². The molecule has 0 aromatic rings. The molecule has 1 atom stereocenters. The van der Waals surface area contributed by atoms with Gasteiger partial charge in [0.1, 0.15) is 5.71 Å². The highest BCUT2D eigenvalue weighted by molar-refractivity contribution is 6.40. The molecule has 6 nitrogen and oxygen atoms in total. The van der Waals surface area contributed by atoms with Crippen LogP contribution in [0.15, 0.2) is 5.10 Å². The number of nitrogens with zero attached hydrogens (tertiary/aromatic N) is 2. The lowest BCUT2D eigenvalue weighted by Gasteiger charge is -2.29. The van der Waals surface area contributed by atoms with Crippen molar-refractivity contribution < 1.29 is 4.79 Å². The molecule has 1 unspecified atom stereocenters. The summed E-state index contributed by atoms with van der Waals surface area (Å²) in [6.45, 7) is 3.99. The van der Waals surface area contributed by atoms with Crippen molar-refractivity contribution in [1.29, 1.82) is 0 Å². The Hall–Kier alpha value is -1.14.